The van der Waals surface area contributed by atoms with Crippen molar-refractivity contribution < 1.29 is 0 Å². The van der Waals surface area contributed by atoms with E-state index in [2.05, 4.69) is 45.0 Å². The molecule has 0 nitrogen and oxygen atoms in total. The van der Waals surface area contributed by atoms with E-state index in [-0.39, 0.29) is 0 Å². The molecule has 1 atom stereocenters. The summed E-state index contributed by atoms with van der Waals surface area (Å²) in [7, 11) is 0. The number of rotatable bonds is 9. The van der Waals surface area contributed by atoms with Gasteiger partial charge in [-0.15, -0.1) is 0 Å². The lowest BCUT2D eigenvalue weighted by molar-refractivity contribution is 0.607. The summed E-state index contributed by atoms with van der Waals surface area (Å²) in [5, 5.41) is 0. The van der Waals surface area contributed by atoms with Gasteiger partial charge in [-0.3, -0.25) is 0 Å². The molecule has 0 saturated carbocycles. The standard InChI is InChI=1S/C18H30/c1-4-6-7-8-9-10-11-17-12-14-18(15-13-17)16(3)5-2/h12-16H,4-11H2,1-3H3. The highest BCUT2D eigenvalue weighted by atomic mass is 14.1. The first-order valence-corrected chi connectivity index (χ1v) is 7.86. The van der Waals surface area contributed by atoms with Crippen molar-refractivity contribution in [3.63, 3.8) is 0 Å². The van der Waals surface area contributed by atoms with E-state index in [9.17, 15) is 0 Å². The van der Waals surface area contributed by atoms with Crippen molar-refractivity contribution >= 4 is 0 Å². The van der Waals surface area contributed by atoms with Crippen LogP contribution in [0.15, 0.2) is 24.3 Å². The molecule has 102 valence electrons. The molecule has 1 aromatic rings. The van der Waals surface area contributed by atoms with Gasteiger partial charge in [0, 0.05) is 0 Å². The smallest absolute Gasteiger partial charge is 0.0193 e. The molecule has 0 spiro atoms. The summed E-state index contributed by atoms with van der Waals surface area (Å²) in [6.07, 6.45) is 10.8. The van der Waals surface area contributed by atoms with Crippen LogP contribution in [0.4, 0.5) is 0 Å². The first-order chi connectivity index (χ1) is 8.77. The molecule has 0 aromatic heterocycles. The highest BCUT2D eigenvalue weighted by Crippen LogP contribution is 2.19. The second-order valence-electron chi connectivity index (χ2n) is 5.57. The van der Waals surface area contributed by atoms with Crippen LogP contribution in [-0.2, 0) is 6.42 Å². The van der Waals surface area contributed by atoms with Crippen LogP contribution in [0.5, 0.6) is 0 Å². The molecule has 0 saturated heterocycles. The summed E-state index contributed by atoms with van der Waals surface area (Å²) in [6.45, 7) is 6.84. The van der Waals surface area contributed by atoms with Gasteiger partial charge in [-0.1, -0.05) is 77.1 Å². The van der Waals surface area contributed by atoms with E-state index < -0.39 is 0 Å². The Balaban J connectivity index is 2.22. The van der Waals surface area contributed by atoms with E-state index in [1.807, 2.05) is 0 Å². The Kier molecular flexibility index (Phi) is 7.80. The van der Waals surface area contributed by atoms with Gasteiger partial charge in [0.15, 0.2) is 0 Å². The summed E-state index contributed by atoms with van der Waals surface area (Å²) in [6, 6.07) is 9.29. The van der Waals surface area contributed by atoms with Gasteiger partial charge in [0.1, 0.15) is 0 Å². The minimum absolute atomic E-state index is 0.702. The van der Waals surface area contributed by atoms with Crippen LogP contribution in [0.1, 0.15) is 82.8 Å². The first-order valence-electron chi connectivity index (χ1n) is 7.86. The fraction of sp³-hybridized carbons (Fsp3) is 0.667. The molecule has 0 aliphatic rings. The van der Waals surface area contributed by atoms with Crippen molar-refractivity contribution in [2.75, 3.05) is 0 Å². The monoisotopic (exact) mass is 246 g/mol. The molecule has 0 radical (unpaired) electrons. The predicted molar refractivity (Wildman–Crippen MR) is 82.2 cm³/mol. The first kappa shape index (κ1) is 15.3. The normalized spacial score (nSPS) is 12.6. The second kappa shape index (κ2) is 9.19. The molecule has 1 rings (SSSR count). The molecule has 0 N–H and O–H groups in total. The van der Waals surface area contributed by atoms with E-state index in [1.54, 1.807) is 0 Å². The van der Waals surface area contributed by atoms with Gasteiger partial charge in [-0.05, 0) is 36.3 Å². The van der Waals surface area contributed by atoms with Crippen molar-refractivity contribution in [3.05, 3.63) is 35.4 Å². The van der Waals surface area contributed by atoms with Crippen LogP contribution in [0, 0.1) is 0 Å². The number of benzene rings is 1. The number of hydrogen-bond donors (Lipinski definition) is 0. The maximum Gasteiger partial charge on any atom is -0.0193 e. The molecule has 0 aliphatic heterocycles. The van der Waals surface area contributed by atoms with Crippen LogP contribution >= 0.6 is 0 Å². The topological polar surface area (TPSA) is 0 Å². The number of unbranched alkanes of at least 4 members (excludes halogenated alkanes) is 5. The lowest BCUT2D eigenvalue weighted by Crippen LogP contribution is -1.92. The fourth-order valence-electron chi connectivity index (χ4n) is 2.36. The lowest BCUT2D eigenvalue weighted by atomic mass is 9.96. The molecule has 1 aromatic carbocycles. The molecule has 0 amide bonds. The summed E-state index contributed by atoms with van der Waals surface area (Å²) < 4.78 is 0. The Morgan fingerprint density at radius 2 is 1.44 bits per heavy atom. The van der Waals surface area contributed by atoms with E-state index in [4.69, 9.17) is 0 Å². The molecular formula is C18H30. The predicted octanol–water partition coefficient (Wildman–Crippen LogP) is 6.10. The van der Waals surface area contributed by atoms with E-state index in [0.29, 0.717) is 5.92 Å². The maximum absolute atomic E-state index is 2.33. The fourth-order valence-corrected chi connectivity index (χ4v) is 2.36. The molecule has 0 heterocycles. The number of aryl methyl sites for hydroxylation is 1. The Morgan fingerprint density at radius 1 is 0.833 bits per heavy atom. The largest absolute Gasteiger partial charge is 0.0654 e. The molecule has 1 unspecified atom stereocenters. The summed E-state index contributed by atoms with van der Waals surface area (Å²) >= 11 is 0. The van der Waals surface area contributed by atoms with Crippen LogP contribution in [-0.4, -0.2) is 0 Å². The van der Waals surface area contributed by atoms with Gasteiger partial charge in [0.25, 0.3) is 0 Å². The quantitative estimate of drug-likeness (QED) is 0.462. The van der Waals surface area contributed by atoms with Gasteiger partial charge in [0.05, 0.1) is 0 Å². The third-order valence-electron chi connectivity index (χ3n) is 3.98. The lowest BCUT2D eigenvalue weighted by Gasteiger charge is -2.09. The van der Waals surface area contributed by atoms with Gasteiger partial charge in [-0.25, -0.2) is 0 Å². The zero-order valence-corrected chi connectivity index (χ0v) is 12.5. The molecule has 0 aliphatic carbocycles. The van der Waals surface area contributed by atoms with Crippen molar-refractivity contribution in [1.29, 1.82) is 0 Å². The highest BCUT2D eigenvalue weighted by molar-refractivity contribution is 5.25. The van der Waals surface area contributed by atoms with E-state index >= 15 is 0 Å². The zero-order valence-electron chi connectivity index (χ0n) is 12.5. The van der Waals surface area contributed by atoms with Gasteiger partial charge >= 0.3 is 0 Å². The molecule has 0 heteroatoms. The Labute approximate surface area is 114 Å². The van der Waals surface area contributed by atoms with Crippen molar-refractivity contribution in [3.8, 4) is 0 Å². The van der Waals surface area contributed by atoms with Gasteiger partial charge in [0.2, 0.25) is 0 Å². The minimum Gasteiger partial charge on any atom is -0.0654 e. The summed E-state index contributed by atoms with van der Waals surface area (Å²) in [5.41, 5.74) is 3.00. The third kappa shape index (κ3) is 5.71. The van der Waals surface area contributed by atoms with Crippen LogP contribution in [0.2, 0.25) is 0 Å². The summed E-state index contributed by atoms with van der Waals surface area (Å²) in [4.78, 5) is 0. The SMILES string of the molecule is CCCCCCCCc1ccc(C(C)CC)cc1. The third-order valence-corrected chi connectivity index (χ3v) is 3.98. The molecular weight excluding hydrogens is 216 g/mol. The Hall–Kier alpha value is -0.780. The second-order valence-corrected chi connectivity index (χ2v) is 5.57. The molecule has 18 heavy (non-hydrogen) atoms. The van der Waals surface area contributed by atoms with Crippen molar-refractivity contribution in [1.82, 2.24) is 0 Å². The highest BCUT2D eigenvalue weighted by Gasteiger charge is 2.02. The number of hydrogen-bond acceptors (Lipinski definition) is 0. The molecule has 0 fully saturated rings. The van der Waals surface area contributed by atoms with Crippen LogP contribution < -0.4 is 0 Å². The van der Waals surface area contributed by atoms with Gasteiger partial charge in [-0.2, -0.15) is 0 Å². The average Bonchev–Trinajstić information content (AvgIpc) is 2.42. The van der Waals surface area contributed by atoms with E-state index in [1.165, 1.54) is 62.5 Å². The summed E-state index contributed by atoms with van der Waals surface area (Å²) in [5.74, 6) is 0.702. The van der Waals surface area contributed by atoms with Crippen molar-refractivity contribution in [2.45, 2.75) is 78.1 Å². The van der Waals surface area contributed by atoms with Gasteiger partial charge < -0.3 is 0 Å². The van der Waals surface area contributed by atoms with Crippen LogP contribution in [0.3, 0.4) is 0 Å². The van der Waals surface area contributed by atoms with Crippen LogP contribution in [0.25, 0.3) is 0 Å². The maximum atomic E-state index is 2.33. The van der Waals surface area contributed by atoms with E-state index in [0.717, 1.165) is 0 Å². The Bertz CT molecular complexity index is 296. The van der Waals surface area contributed by atoms with Crippen molar-refractivity contribution in [2.24, 2.45) is 0 Å². The average molecular weight is 246 g/mol. The zero-order chi connectivity index (χ0) is 13.2. The Morgan fingerprint density at radius 3 is 2.06 bits per heavy atom. The molecule has 0 bridgehead atoms. The minimum atomic E-state index is 0.702.